The Labute approximate surface area is 121 Å². The van der Waals surface area contributed by atoms with E-state index in [4.69, 9.17) is 14.2 Å². The molecule has 1 aromatic heterocycles. The van der Waals surface area contributed by atoms with E-state index >= 15 is 0 Å². The van der Waals surface area contributed by atoms with Gasteiger partial charge in [0.2, 0.25) is 5.88 Å². The summed E-state index contributed by atoms with van der Waals surface area (Å²) < 4.78 is 15.9. The monoisotopic (exact) mass is 289 g/mol. The van der Waals surface area contributed by atoms with Crippen LogP contribution in [0.1, 0.15) is 15.9 Å². The van der Waals surface area contributed by atoms with Gasteiger partial charge in [-0.15, -0.1) is 0 Å². The van der Waals surface area contributed by atoms with Crippen LogP contribution in [0.15, 0.2) is 36.5 Å². The lowest BCUT2D eigenvalue weighted by Crippen LogP contribution is -2.06. The van der Waals surface area contributed by atoms with Gasteiger partial charge in [0.05, 0.1) is 19.8 Å². The smallest absolute Gasteiger partial charge is 0.339 e. The number of carbonyl (C=O) groups is 1. The van der Waals surface area contributed by atoms with Gasteiger partial charge in [-0.2, -0.15) is 0 Å². The number of pyridine rings is 1. The highest BCUT2D eigenvalue weighted by molar-refractivity contribution is 5.92. The molecule has 2 rings (SSSR count). The third-order valence-electron chi connectivity index (χ3n) is 2.84. The van der Waals surface area contributed by atoms with Crippen LogP contribution in [-0.2, 0) is 6.61 Å². The summed E-state index contributed by atoms with van der Waals surface area (Å²) in [7, 11) is 2.97. The summed E-state index contributed by atoms with van der Waals surface area (Å²) in [6.07, 6.45) is 1.61. The van der Waals surface area contributed by atoms with E-state index in [9.17, 15) is 9.90 Å². The Morgan fingerprint density at radius 2 is 2.00 bits per heavy atom. The Hall–Kier alpha value is -2.76. The van der Waals surface area contributed by atoms with Crippen molar-refractivity contribution in [3.05, 3.63) is 47.7 Å². The number of para-hydroxylation sites is 1. The molecule has 1 N–H and O–H groups in total. The zero-order chi connectivity index (χ0) is 15.2. The first kappa shape index (κ1) is 14.6. The second-order valence-corrected chi connectivity index (χ2v) is 4.10. The fourth-order valence-electron chi connectivity index (χ4n) is 1.86. The number of rotatable bonds is 6. The second-order valence-electron chi connectivity index (χ2n) is 4.10. The Kier molecular flexibility index (Phi) is 4.61. The molecule has 0 bridgehead atoms. The van der Waals surface area contributed by atoms with E-state index in [1.54, 1.807) is 30.5 Å². The molecule has 6 nitrogen and oxygen atoms in total. The van der Waals surface area contributed by atoms with Crippen LogP contribution in [0.4, 0.5) is 0 Å². The Bertz CT molecular complexity index is 642. The number of nitrogens with zero attached hydrogens (tertiary/aromatic N) is 1. The number of carboxylic acid groups (broad SMARTS) is 1. The van der Waals surface area contributed by atoms with Gasteiger partial charge in [0.25, 0.3) is 0 Å². The average Bonchev–Trinajstić information content (AvgIpc) is 2.52. The van der Waals surface area contributed by atoms with Gasteiger partial charge in [-0.25, -0.2) is 9.78 Å². The van der Waals surface area contributed by atoms with Crippen LogP contribution >= 0.6 is 0 Å². The first-order valence-corrected chi connectivity index (χ1v) is 6.18. The Morgan fingerprint density at radius 3 is 2.67 bits per heavy atom. The Balaban J connectivity index is 2.29. The molecule has 1 aromatic carbocycles. The van der Waals surface area contributed by atoms with Crippen molar-refractivity contribution in [2.75, 3.05) is 14.2 Å². The maximum absolute atomic E-state index is 11.3. The molecule has 0 radical (unpaired) electrons. The van der Waals surface area contributed by atoms with Gasteiger partial charge in [0.15, 0.2) is 11.5 Å². The average molecular weight is 289 g/mol. The third kappa shape index (κ3) is 3.22. The molecule has 0 spiro atoms. The van der Waals surface area contributed by atoms with Gasteiger partial charge in [0.1, 0.15) is 12.2 Å². The van der Waals surface area contributed by atoms with Crippen molar-refractivity contribution >= 4 is 5.97 Å². The zero-order valence-corrected chi connectivity index (χ0v) is 11.7. The molecule has 110 valence electrons. The number of hydrogen-bond acceptors (Lipinski definition) is 5. The van der Waals surface area contributed by atoms with E-state index in [0.717, 1.165) is 0 Å². The summed E-state index contributed by atoms with van der Waals surface area (Å²) in [4.78, 5) is 15.3. The Morgan fingerprint density at radius 1 is 1.19 bits per heavy atom. The lowest BCUT2D eigenvalue weighted by atomic mass is 10.2. The third-order valence-corrected chi connectivity index (χ3v) is 2.84. The predicted molar refractivity (Wildman–Crippen MR) is 75.1 cm³/mol. The van der Waals surface area contributed by atoms with Crippen molar-refractivity contribution in [3.8, 4) is 17.4 Å². The van der Waals surface area contributed by atoms with E-state index in [1.807, 2.05) is 0 Å². The van der Waals surface area contributed by atoms with Crippen LogP contribution in [0.3, 0.4) is 0 Å². The van der Waals surface area contributed by atoms with Gasteiger partial charge in [0, 0.05) is 6.20 Å². The van der Waals surface area contributed by atoms with E-state index in [0.29, 0.717) is 17.2 Å². The van der Waals surface area contributed by atoms with Crippen LogP contribution in [0.25, 0.3) is 0 Å². The maximum atomic E-state index is 11.3. The molecular formula is C15H15NO5. The summed E-state index contributed by atoms with van der Waals surface area (Å²) >= 11 is 0. The van der Waals surface area contributed by atoms with Gasteiger partial charge in [-0.05, 0) is 24.3 Å². The van der Waals surface area contributed by atoms with Crippen LogP contribution in [0.5, 0.6) is 17.4 Å². The second kappa shape index (κ2) is 6.60. The minimum atomic E-state index is -1.08. The van der Waals surface area contributed by atoms with Crippen LogP contribution in [-0.4, -0.2) is 30.3 Å². The van der Waals surface area contributed by atoms with Crippen molar-refractivity contribution in [2.45, 2.75) is 6.61 Å². The van der Waals surface area contributed by atoms with Crippen LogP contribution in [0.2, 0.25) is 0 Å². The van der Waals surface area contributed by atoms with Crippen molar-refractivity contribution < 1.29 is 24.1 Å². The highest BCUT2D eigenvalue weighted by Crippen LogP contribution is 2.32. The number of aromatic nitrogens is 1. The maximum Gasteiger partial charge on any atom is 0.339 e. The fourth-order valence-corrected chi connectivity index (χ4v) is 1.86. The lowest BCUT2D eigenvalue weighted by Gasteiger charge is -2.14. The summed E-state index contributed by atoms with van der Waals surface area (Å²) in [6, 6.07) is 8.24. The molecule has 1 heterocycles. The highest BCUT2D eigenvalue weighted by atomic mass is 16.5. The van der Waals surface area contributed by atoms with E-state index in [2.05, 4.69) is 4.98 Å². The number of benzene rings is 1. The normalized spacial score (nSPS) is 10.0. The molecule has 0 amide bonds. The highest BCUT2D eigenvalue weighted by Gasteiger charge is 2.17. The molecule has 6 heteroatoms. The van der Waals surface area contributed by atoms with Gasteiger partial charge in [-0.3, -0.25) is 0 Å². The summed E-state index contributed by atoms with van der Waals surface area (Å²) in [5.41, 5.74) is 0.749. The summed E-state index contributed by atoms with van der Waals surface area (Å²) in [6.45, 7) is 0.123. The molecule has 0 atom stereocenters. The molecule has 2 aromatic rings. The van der Waals surface area contributed by atoms with Crippen molar-refractivity contribution in [1.29, 1.82) is 0 Å². The summed E-state index contributed by atoms with van der Waals surface area (Å²) in [5, 5.41) is 9.21. The van der Waals surface area contributed by atoms with Crippen LogP contribution in [0, 0.1) is 0 Å². The zero-order valence-electron chi connectivity index (χ0n) is 11.7. The molecule has 0 aliphatic heterocycles. The van der Waals surface area contributed by atoms with Crippen molar-refractivity contribution in [1.82, 2.24) is 4.98 Å². The molecule has 0 aliphatic rings. The molecular weight excluding hydrogens is 274 g/mol. The van der Waals surface area contributed by atoms with E-state index in [1.165, 1.54) is 20.3 Å². The van der Waals surface area contributed by atoms with E-state index < -0.39 is 5.97 Å². The number of aromatic carboxylic acids is 1. The largest absolute Gasteiger partial charge is 0.493 e. The molecule has 0 saturated carbocycles. The number of hydrogen-bond donors (Lipinski definition) is 1. The fraction of sp³-hybridized carbons (Fsp3) is 0.200. The quantitative estimate of drug-likeness (QED) is 0.879. The van der Waals surface area contributed by atoms with Crippen molar-refractivity contribution in [2.24, 2.45) is 0 Å². The molecule has 0 aliphatic carbocycles. The molecule has 0 fully saturated rings. The molecule has 21 heavy (non-hydrogen) atoms. The number of carboxylic acids is 1. The van der Waals surface area contributed by atoms with Crippen LogP contribution < -0.4 is 14.2 Å². The predicted octanol–water partition coefficient (Wildman–Crippen LogP) is 2.38. The first-order chi connectivity index (χ1) is 10.2. The van der Waals surface area contributed by atoms with Gasteiger partial charge >= 0.3 is 5.97 Å². The minimum absolute atomic E-state index is 0.0391. The minimum Gasteiger partial charge on any atom is -0.493 e. The lowest BCUT2D eigenvalue weighted by molar-refractivity contribution is 0.0691. The number of ether oxygens (including phenoxy) is 3. The summed E-state index contributed by atoms with van der Waals surface area (Å²) in [5.74, 6) is -0.109. The number of methoxy groups -OCH3 is 2. The first-order valence-electron chi connectivity index (χ1n) is 6.18. The standard InChI is InChI=1S/C15H15NO5/c1-19-12-7-3-6-11(15(17)18)13(12)21-9-10-5-4-8-16-14(10)20-2/h3-8H,9H2,1-2H3,(H,17,18). The van der Waals surface area contributed by atoms with Gasteiger partial charge < -0.3 is 19.3 Å². The molecule has 0 unspecified atom stereocenters. The molecule has 0 saturated heterocycles. The van der Waals surface area contributed by atoms with Gasteiger partial charge in [-0.1, -0.05) is 6.07 Å². The topological polar surface area (TPSA) is 77.9 Å². The van der Waals surface area contributed by atoms with E-state index in [-0.39, 0.29) is 17.9 Å². The SMILES string of the molecule is COc1cccc(C(=O)O)c1OCc1cccnc1OC. The van der Waals surface area contributed by atoms with Crippen molar-refractivity contribution in [3.63, 3.8) is 0 Å².